The number of hydrazine groups is 1. The number of sulfonamides is 1. The van der Waals surface area contributed by atoms with Gasteiger partial charge in [-0.05, 0) is 62.2 Å². The largest absolute Gasteiger partial charge is 0.569 e. The fourth-order valence-corrected chi connectivity index (χ4v) is 6.54. The number of likely N-dealkylation sites (N-methyl/N-ethyl adjacent to an activating group) is 1. The number of fused-ring (bicyclic) bond motifs is 1. The van der Waals surface area contributed by atoms with Gasteiger partial charge in [-0.3, -0.25) is 14.4 Å². The maximum atomic E-state index is 13.6. The average Bonchev–Trinajstić information content (AvgIpc) is 3.67. The van der Waals surface area contributed by atoms with Gasteiger partial charge in [0.05, 0.1) is 39.4 Å². The van der Waals surface area contributed by atoms with Crippen molar-refractivity contribution in [2.45, 2.75) is 57.5 Å². The molecule has 1 unspecified atom stereocenters. The molecule has 0 fully saturated rings. The molecular weight excluding hydrogens is 707 g/mol. The summed E-state index contributed by atoms with van der Waals surface area (Å²) in [6.45, 7) is 6.46. The summed E-state index contributed by atoms with van der Waals surface area (Å²) in [7, 11) is -3.39. The minimum Gasteiger partial charge on any atom is -0.569 e. The molecule has 0 spiro atoms. The zero-order valence-electron chi connectivity index (χ0n) is 28.5. The lowest BCUT2D eigenvalue weighted by Crippen LogP contribution is -2.52. The van der Waals surface area contributed by atoms with E-state index in [4.69, 9.17) is 4.84 Å². The highest BCUT2D eigenvalue weighted by Crippen LogP contribution is 2.33. The summed E-state index contributed by atoms with van der Waals surface area (Å²) in [5.41, 5.74) is 0.747. The molecule has 1 aliphatic heterocycles. The zero-order valence-corrected chi connectivity index (χ0v) is 29.3. The highest BCUT2D eigenvalue weighted by atomic mass is 32.2. The summed E-state index contributed by atoms with van der Waals surface area (Å²) in [5, 5.41) is 20.9. The number of amides is 3. The Morgan fingerprint density at radius 3 is 2.13 bits per heavy atom. The minimum absolute atomic E-state index is 0.0998. The van der Waals surface area contributed by atoms with E-state index in [1.165, 1.54) is 38.2 Å². The number of rotatable bonds is 12. The van der Waals surface area contributed by atoms with Gasteiger partial charge in [-0.25, -0.2) is 22.7 Å². The number of nitrogens with zero attached hydrogens (tertiary/aromatic N) is 6. The maximum absolute atomic E-state index is 13.6. The van der Waals surface area contributed by atoms with E-state index in [-0.39, 0.29) is 27.5 Å². The number of benzene rings is 3. The normalized spacial score (nSPS) is 15.2. The molecular formula is C34H34F3N7O7S. The lowest BCUT2D eigenvalue weighted by molar-refractivity contribution is -0.712. The molecule has 1 aliphatic rings. The number of hydrogen-bond acceptors (Lipinski definition) is 9. The quantitative estimate of drug-likeness (QED) is 0.0857. The van der Waals surface area contributed by atoms with Gasteiger partial charge in [0.15, 0.2) is 11.7 Å². The second-order valence-corrected chi connectivity index (χ2v) is 13.8. The lowest BCUT2D eigenvalue weighted by atomic mass is 9.98. The van der Waals surface area contributed by atoms with Gasteiger partial charge < -0.3 is 10.0 Å². The van der Waals surface area contributed by atoms with E-state index in [2.05, 4.69) is 10.4 Å². The second kappa shape index (κ2) is 14.5. The van der Waals surface area contributed by atoms with Gasteiger partial charge in [-0.2, -0.15) is 18.3 Å². The smallest absolute Gasteiger partial charge is 0.435 e. The van der Waals surface area contributed by atoms with E-state index in [1.54, 1.807) is 50.2 Å². The molecule has 1 aromatic heterocycles. The van der Waals surface area contributed by atoms with Crippen LogP contribution in [0, 0.1) is 18.0 Å². The standard InChI is InChI=1S/C34H34F3N7O7S/c1-6-21(3)30(41(5)44(48)40-51-22(4)42-32(46)26-9-7-8-10-27(26)33(42)47)31(45)39-52(49,50)25-17-15-24(16-18-25)43-28(19-29(38-43)34(35,36)37)23-13-11-20(2)12-14-23/h7-19,21-22,30H,6H2,1-5H3,(H,39,45)/b44-40-/t21-,22?,30+/m1/s1. The van der Waals surface area contributed by atoms with E-state index >= 15 is 0 Å². The first-order valence-corrected chi connectivity index (χ1v) is 17.4. The average molecular weight is 742 g/mol. The first-order valence-electron chi connectivity index (χ1n) is 15.9. The summed E-state index contributed by atoms with van der Waals surface area (Å²) in [5.74, 6) is -2.99. The number of imide groups is 1. The van der Waals surface area contributed by atoms with E-state index in [0.29, 0.717) is 12.0 Å². The topological polar surface area (TPSA) is 169 Å². The van der Waals surface area contributed by atoms with Gasteiger partial charge in [0.1, 0.15) is 0 Å². The van der Waals surface area contributed by atoms with Crippen LogP contribution in [0.4, 0.5) is 13.2 Å². The number of hydrogen-bond donors (Lipinski definition) is 1. The molecule has 1 N–H and O–H groups in total. The number of alkyl halides is 3. The molecule has 2 heterocycles. The molecule has 0 radical (unpaired) electrons. The van der Waals surface area contributed by atoms with Crippen LogP contribution in [-0.4, -0.2) is 70.1 Å². The third kappa shape index (κ3) is 7.46. The number of halogens is 3. The summed E-state index contributed by atoms with van der Waals surface area (Å²) in [6.07, 6.45) is -5.73. The first-order chi connectivity index (χ1) is 24.4. The molecule has 18 heteroatoms. The van der Waals surface area contributed by atoms with E-state index in [0.717, 1.165) is 38.4 Å². The van der Waals surface area contributed by atoms with Crippen LogP contribution in [0.15, 0.2) is 89.0 Å². The van der Waals surface area contributed by atoms with Gasteiger partial charge >= 0.3 is 6.18 Å². The van der Waals surface area contributed by atoms with Crippen molar-refractivity contribution in [3.8, 4) is 16.9 Å². The van der Waals surface area contributed by atoms with Gasteiger partial charge in [-0.1, -0.05) is 62.2 Å². The van der Waals surface area contributed by atoms with Crippen molar-refractivity contribution in [1.82, 2.24) is 24.4 Å². The molecule has 14 nitrogen and oxygen atoms in total. The molecule has 5 rings (SSSR count). The fourth-order valence-electron chi connectivity index (χ4n) is 5.54. The summed E-state index contributed by atoms with van der Waals surface area (Å²) in [4.78, 5) is 44.4. The van der Waals surface area contributed by atoms with Crippen LogP contribution < -0.4 is 4.72 Å². The van der Waals surface area contributed by atoms with Crippen LogP contribution in [-0.2, 0) is 25.8 Å². The Kier molecular flexibility index (Phi) is 10.4. The van der Waals surface area contributed by atoms with Crippen LogP contribution in [0.1, 0.15) is 59.2 Å². The Bertz CT molecular complexity index is 2100. The molecule has 0 saturated heterocycles. The Balaban J connectivity index is 1.33. The van der Waals surface area contributed by atoms with E-state index in [9.17, 15) is 41.2 Å². The molecule has 0 bridgehead atoms. The number of carbonyl (C=O) groups is 3. The van der Waals surface area contributed by atoms with Crippen LogP contribution in [0.5, 0.6) is 0 Å². The predicted molar refractivity (Wildman–Crippen MR) is 179 cm³/mol. The van der Waals surface area contributed by atoms with Crippen LogP contribution in [0.3, 0.4) is 0 Å². The van der Waals surface area contributed by atoms with Crippen LogP contribution >= 0.6 is 0 Å². The number of carbonyl (C=O) groups excluding carboxylic acids is 3. The minimum atomic E-state index is -4.74. The summed E-state index contributed by atoms with van der Waals surface area (Å²) >= 11 is 0. The zero-order chi connectivity index (χ0) is 38.1. The predicted octanol–water partition coefficient (Wildman–Crippen LogP) is 5.47. The monoisotopic (exact) mass is 741 g/mol. The maximum Gasteiger partial charge on any atom is 0.435 e. The molecule has 0 aliphatic carbocycles. The van der Waals surface area contributed by atoms with E-state index in [1.807, 2.05) is 11.6 Å². The Labute approximate surface area is 296 Å². The van der Waals surface area contributed by atoms with Crippen molar-refractivity contribution < 1.29 is 45.8 Å². The van der Waals surface area contributed by atoms with Crippen molar-refractivity contribution >= 4 is 27.7 Å². The van der Waals surface area contributed by atoms with Crippen LogP contribution in [0.2, 0.25) is 0 Å². The van der Waals surface area contributed by atoms with Crippen molar-refractivity contribution in [3.63, 3.8) is 0 Å². The lowest BCUT2D eigenvalue weighted by Gasteiger charge is -2.27. The van der Waals surface area contributed by atoms with Crippen molar-refractivity contribution in [3.05, 3.63) is 106 Å². The molecule has 3 amide bonds. The summed E-state index contributed by atoms with van der Waals surface area (Å²) in [6, 6.07) is 17.0. The van der Waals surface area contributed by atoms with Crippen molar-refractivity contribution in [1.29, 1.82) is 0 Å². The van der Waals surface area contributed by atoms with Crippen molar-refractivity contribution in [2.75, 3.05) is 7.05 Å². The van der Waals surface area contributed by atoms with Gasteiger partial charge in [-0.15, -0.1) is 5.01 Å². The van der Waals surface area contributed by atoms with Crippen LogP contribution in [0.25, 0.3) is 16.9 Å². The highest BCUT2D eigenvalue weighted by molar-refractivity contribution is 7.90. The Morgan fingerprint density at radius 1 is 1.02 bits per heavy atom. The third-order valence-corrected chi connectivity index (χ3v) is 9.92. The Hall–Kier alpha value is -5.78. The van der Waals surface area contributed by atoms with E-state index < -0.39 is 62.7 Å². The molecule has 3 atom stereocenters. The summed E-state index contributed by atoms with van der Waals surface area (Å²) < 4.78 is 70.6. The number of nitrogens with one attached hydrogen (secondary N) is 1. The van der Waals surface area contributed by atoms with Gasteiger partial charge in [0.2, 0.25) is 11.5 Å². The van der Waals surface area contributed by atoms with Gasteiger partial charge in [0, 0.05) is 5.56 Å². The third-order valence-electron chi connectivity index (χ3n) is 8.56. The molecule has 274 valence electrons. The fraction of sp³-hybridized carbons (Fsp3) is 0.294. The second-order valence-electron chi connectivity index (χ2n) is 12.1. The highest BCUT2D eigenvalue weighted by Gasteiger charge is 2.41. The molecule has 0 saturated carbocycles. The van der Waals surface area contributed by atoms with Crippen molar-refractivity contribution in [2.24, 2.45) is 11.2 Å². The first kappa shape index (κ1) is 37.5. The molecule has 4 aromatic rings. The Morgan fingerprint density at radius 2 is 1.60 bits per heavy atom. The van der Waals surface area contributed by atoms with Gasteiger partial charge in [0.25, 0.3) is 27.7 Å². The molecule has 52 heavy (non-hydrogen) atoms. The number of aromatic nitrogens is 2. The molecule has 3 aromatic carbocycles. The SMILES string of the molecule is CC[C@@H](C)[C@@H](C(=O)NS(=O)(=O)c1ccc(-n2nc(C(F)(F)F)cc2-c2ccc(C)cc2)cc1)N(C)/[N+]([O-])=N/OC(C)N1C(=O)c2ccccc2C1=O. The number of aryl methyl sites for hydroxylation is 1.